The highest BCUT2D eigenvalue weighted by atomic mass is 16.3. The minimum absolute atomic E-state index is 0.255. The maximum Gasteiger partial charge on any atom is 0.137 e. The Morgan fingerprint density at radius 1 is 0.610 bits per heavy atom. The Morgan fingerprint density at radius 2 is 1.27 bits per heavy atom. The van der Waals surface area contributed by atoms with Crippen LogP contribution < -0.4 is 4.90 Å². The van der Waals surface area contributed by atoms with E-state index in [1.54, 1.807) is 6.20 Å². The smallest absolute Gasteiger partial charge is 0.137 e. The number of pyridine rings is 2. The van der Waals surface area contributed by atoms with Gasteiger partial charge in [0.15, 0.2) is 0 Å². The number of benzene rings is 4. The molecule has 0 atom stereocenters. The van der Waals surface area contributed by atoms with Gasteiger partial charge in [-0.1, -0.05) is 98.8 Å². The molecule has 4 heteroatoms. The van der Waals surface area contributed by atoms with Gasteiger partial charge in [-0.15, -0.1) is 0 Å². The summed E-state index contributed by atoms with van der Waals surface area (Å²) in [5, 5.41) is 11.5. The maximum absolute atomic E-state index is 11.5. The van der Waals surface area contributed by atoms with Crippen molar-refractivity contribution >= 4 is 17.2 Å². The van der Waals surface area contributed by atoms with E-state index in [-0.39, 0.29) is 11.2 Å². The molecule has 6 rings (SSSR count). The predicted octanol–water partition coefficient (Wildman–Crippen LogP) is 9.31. The van der Waals surface area contributed by atoms with Crippen LogP contribution in [0.5, 0.6) is 5.75 Å². The van der Waals surface area contributed by atoms with Crippen LogP contribution in [0.2, 0.25) is 0 Å². The van der Waals surface area contributed by atoms with Crippen LogP contribution in [0.3, 0.4) is 0 Å². The fourth-order valence-corrected chi connectivity index (χ4v) is 5.29. The van der Waals surface area contributed by atoms with Crippen molar-refractivity contribution in [2.24, 2.45) is 0 Å². The van der Waals surface area contributed by atoms with Crippen LogP contribution >= 0.6 is 0 Å². The van der Waals surface area contributed by atoms with Gasteiger partial charge in [0.25, 0.3) is 0 Å². The highest BCUT2D eigenvalue weighted by molar-refractivity contribution is 5.79. The molecule has 0 bridgehead atoms. The lowest BCUT2D eigenvalue weighted by Gasteiger charge is -2.27. The number of para-hydroxylation sites is 2. The zero-order chi connectivity index (χ0) is 28.2. The Hall–Kier alpha value is -5.22. The van der Waals surface area contributed by atoms with E-state index in [0.29, 0.717) is 5.56 Å². The van der Waals surface area contributed by atoms with Crippen LogP contribution in [0.25, 0.3) is 22.5 Å². The second-order valence-electron chi connectivity index (χ2n) is 10.5. The first-order chi connectivity index (χ1) is 20.0. The average Bonchev–Trinajstić information content (AvgIpc) is 3.03. The molecule has 4 nitrogen and oxygen atoms in total. The highest BCUT2D eigenvalue weighted by Gasteiger charge is 2.27. The number of hydrogen-bond donors (Lipinski definition) is 1. The van der Waals surface area contributed by atoms with E-state index in [9.17, 15) is 5.11 Å². The van der Waals surface area contributed by atoms with Crippen molar-refractivity contribution < 1.29 is 5.11 Å². The Bertz CT molecular complexity index is 1730. The number of rotatable bonds is 7. The molecule has 2 heterocycles. The third-order valence-electron chi connectivity index (χ3n) is 7.52. The molecule has 0 saturated carbocycles. The van der Waals surface area contributed by atoms with Gasteiger partial charge in [-0.2, -0.15) is 0 Å². The highest BCUT2D eigenvalue weighted by Crippen LogP contribution is 2.42. The Labute approximate surface area is 241 Å². The zero-order valence-electron chi connectivity index (χ0n) is 23.1. The van der Waals surface area contributed by atoms with Crippen LogP contribution in [0.4, 0.5) is 17.2 Å². The van der Waals surface area contributed by atoms with Gasteiger partial charge in [-0.3, -0.25) is 4.90 Å². The van der Waals surface area contributed by atoms with E-state index in [1.165, 1.54) is 0 Å². The molecule has 0 amide bonds. The van der Waals surface area contributed by atoms with Crippen molar-refractivity contribution in [3.05, 3.63) is 157 Å². The van der Waals surface area contributed by atoms with E-state index in [0.717, 1.165) is 45.3 Å². The summed E-state index contributed by atoms with van der Waals surface area (Å²) in [5.41, 5.74) is 6.87. The van der Waals surface area contributed by atoms with Crippen LogP contribution in [0.1, 0.15) is 25.0 Å². The quantitative estimate of drug-likeness (QED) is 0.222. The molecule has 2 aromatic heterocycles. The first kappa shape index (κ1) is 26.0. The summed E-state index contributed by atoms with van der Waals surface area (Å²) >= 11 is 0. The normalized spacial score (nSPS) is 11.3. The predicted molar refractivity (Wildman–Crippen MR) is 168 cm³/mol. The minimum Gasteiger partial charge on any atom is -0.507 e. The van der Waals surface area contributed by atoms with Gasteiger partial charge >= 0.3 is 0 Å². The summed E-state index contributed by atoms with van der Waals surface area (Å²) in [7, 11) is 0. The topological polar surface area (TPSA) is 49.2 Å². The zero-order valence-corrected chi connectivity index (χ0v) is 23.1. The summed E-state index contributed by atoms with van der Waals surface area (Å²) < 4.78 is 0. The fraction of sp³-hybridized carbons (Fsp3) is 0.0811. The van der Waals surface area contributed by atoms with Crippen molar-refractivity contribution in [3.63, 3.8) is 0 Å². The molecule has 0 spiro atoms. The van der Waals surface area contributed by atoms with Crippen LogP contribution in [0.15, 0.2) is 146 Å². The Kier molecular flexibility index (Phi) is 7.05. The van der Waals surface area contributed by atoms with E-state index in [2.05, 4.69) is 66.2 Å². The van der Waals surface area contributed by atoms with E-state index in [4.69, 9.17) is 4.98 Å². The van der Waals surface area contributed by atoms with Crippen LogP contribution in [-0.4, -0.2) is 15.1 Å². The molecule has 4 aromatic carbocycles. The summed E-state index contributed by atoms with van der Waals surface area (Å²) in [6, 6.07) is 46.6. The summed E-state index contributed by atoms with van der Waals surface area (Å²) in [5.74, 6) is 1.09. The number of nitrogens with zero attached hydrogens (tertiary/aromatic N) is 3. The van der Waals surface area contributed by atoms with Gasteiger partial charge < -0.3 is 5.11 Å². The van der Waals surface area contributed by atoms with Gasteiger partial charge in [-0.25, -0.2) is 9.97 Å². The number of anilines is 3. The molecule has 0 unspecified atom stereocenters. The Balaban J connectivity index is 1.40. The molecule has 0 saturated heterocycles. The Morgan fingerprint density at radius 3 is 2.02 bits per heavy atom. The molecule has 1 N–H and O–H groups in total. The van der Waals surface area contributed by atoms with Crippen LogP contribution in [0, 0.1) is 0 Å². The van der Waals surface area contributed by atoms with Crippen LogP contribution in [-0.2, 0) is 5.41 Å². The van der Waals surface area contributed by atoms with Gasteiger partial charge in [0.05, 0.1) is 11.4 Å². The number of phenolic OH excluding ortho intramolecular Hbond substituents is 1. The third kappa shape index (κ3) is 5.20. The molecular weight excluding hydrogens is 502 g/mol. The lowest BCUT2D eigenvalue weighted by atomic mass is 9.77. The van der Waals surface area contributed by atoms with Crippen molar-refractivity contribution in [2.45, 2.75) is 19.3 Å². The molecule has 0 fully saturated rings. The summed E-state index contributed by atoms with van der Waals surface area (Å²) in [6.07, 6.45) is 1.81. The summed E-state index contributed by atoms with van der Waals surface area (Å²) in [4.78, 5) is 11.8. The average molecular weight is 534 g/mol. The second-order valence-corrected chi connectivity index (χ2v) is 10.5. The molecule has 200 valence electrons. The van der Waals surface area contributed by atoms with Crippen molar-refractivity contribution in [1.82, 2.24) is 9.97 Å². The fourth-order valence-electron chi connectivity index (χ4n) is 5.29. The molecule has 0 aliphatic carbocycles. The molecular formula is C37H31N3O. The van der Waals surface area contributed by atoms with Crippen molar-refractivity contribution in [2.75, 3.05) is 4.90 Å². The van der Waals surface area contributed by atoms with E-state index in [1.807, 2.05) is 97.1 Å². The molecule has 0 radical (unpaired) electrons. The summed E-state index contributed by atoms with van der Waals surface area (Å²) in [6.45, 7) is 4.27. The van der Waals surface area contributed by atoms with E-state index >= 15 is 0 Å². The first-order valence-corrected chi connectivity index (χ1v) is 13.7. The van der Waals surface area contributed by atoms with E-state index < -0.39 is 0 Å². The monoisotopic (exact) mass is 533 g/mol. The van der Waals surface area contributed by atoms with Crippen molar-refractivity contribution in [1.29, 1.82) is 0 Å². The SMILES string of the molecule is CC(C)(c1ccccc1)c1cccc(-c2cccc(-c3cccc(N(c4ccccc4)c4ccccn4)c3)n2)c1O. The number of hydrogen-bond acceptors (Lipinski definition) is 4. The van der Waals surface area contributed by atoms with Gasteiger partial charge in [0.2, 0.25) is 0 Å². The number of aromatic nitrogens is 2. The maximum atomic E-state index is 11.5. The standard InChI is InChI=1S/C37H31N3O/c1-37(2,28-15-5-3-6-16-28)32-21-12-20-31(36(32)41)34-23-13-22-33(39-34)27-14-11-19-30(26-27)40(29-17-7-4-8-18-29)35-24-9-10-25-38-35/h3-26,41H,1-2H3. The number of phenols is 1. The molecule has 0 aliphatic heterocycles. The lowest BCUT2D eigenvalue weighted by molar-refractivity contribution is 0.455. The van der Waals surface area contributed by atoms with Gasteiger partial charge in [-0.05, 0) is 60.2 Å². The lowest BCUT2D eigenvalue weighted by Crippen LogP contribution is -2.19. The third-order valence-corrected chi connectivity index (χ3v) is 7.52. The molecule has 41 heavy (non-hydrogen) atoms. The molecule has 0 aliphatic rings. The van der Waals surface area contributed by atoms with Crippen molar-refractivity contribution in [3.8, 4) is 28.3 Å². The van der Waals surface area contributed by atoms with Gasteiger partial charge in [0.1, 0.15) is 11.6 Å². The largest absolute Gasteiger partial charge is 0.507 e. The minimum atomic E-state index is -0.375. The number of aromatic hydroxyl groups is 1. The molecule has 6 aromatic rings. The second kappa shape index (κ2) is 11.1. The first-order valence-electron chi connectivity index (χ1n) is 13.7. The van der Waals surface area contributed by atoms with Gasteiger partial charge in [0, 0.05) is 39.7 Å².